The number of hydrogen-bond donors (Lipinski definition) is 0. The van der Waals surface area contributed by atoms with Crippen LogP contribution in [0, 0.1) is 13.8 Å². The second-order valence-electron chi connectivity index (χ2n) is 4.80. The van der Waals surface area contributed by atoms with Gasteiger partial charge in [0.25, 0.3) is 0 Å². The Balaban J connectivity index is 2.40. The fourth-order valence-corrected chi connectivity index (χ4v) is 3.09. The fourth-order valence-electron chi connectivity index (χ4n) is 2.40. The number of benzene rings is 1. The van der Waals surface area contributed by atoms with E-state index < -0.39 is 5.97 Å². The molecule has 3 aromatic rings. The Morgan fingerprint density at radius 1 is 1.25 bits per heavy atom. The van der Waals surface area contributed by atoms with E-state index >= 15 is 0 Å². The Bertz CT molecular complexity index is 807. The van der Waals surface area contributed by atoms with Crippen LogP contribution in [0.2, 0.25) is 0 Å². The topological polar surface area (TPSA) is 53.0 Å². The molecule has 0 unspecified atom stereocenters. The summed E-state index contributed by atoms with van der Waals surface area (Å²) in [6, 6.07) is 9.31. The minimum absolute atomic E-state index is 0.199. The first-order valence-electron chi connectivity index (χ1n) is 6.23. The summed E-state index contributed by atoms with van der Waals surface area (Å²) in [6.07, 6.45) is 0. The second kappa shape index (κ2) is 4.72. The molecule has 2 aromatic heterocycles. The molecule has 0 N–H and O–H groups in total. The smallest absolute Gasteiger partial charge is 0.0816 e. The van der Waals surface area contributed by atoms with E-state index in [0.717, 1.165) is 21.5 Å². The molecule has 3 rings (SSSR count). The molecule has 0 aliphatic rings. The normalized spacial score (nSPS) is 10.9. The van der Waals surface area contributed by atoms with Crippen molar-refractivity contribution in [2.24, 2.45) is 0 Å². The van der Waals surface area contributed by atoms with E-state index in [1.54, 1.807) is 6.07 Å². The van der Waals surface area contributed by atoms with Crippen molar-refractivity contribution in [1.29, 1.82) is 0 Å². The summed E-state index contributed by atoms with van der Waals surface area (Å²) in [5, 5.41) is 14.0. The predicted octanol–water partition coefficient (Wildman–Crippen LogP) is 2.94. The lowest BCUT2D eigenvalue weighted by atomic mass is 10.0. The number of hydrogen-bond acceptors (Lipinski definition) is 4. The highest BCUT2D eigenvalue weighted by atomic mass is 32.1. The number of carbonyl (C=O) groups excluding carboxylic acids is 1. The van der Waals surface area contributed by atoms with Gasteiger partial charge >= 0.3 is 0 Å². The van der Waals surface area contributed by atoms with Gasteiger partial charge in [-0.25, -0.2) is 4.98 Å². The van der Waals surface area contributed by atoms with Crippen LogP contribution in [0.5, 0.6) is 0 Å². The minimum Gasteiger partial charge on any atom is -0.545 e. The second-order valence-corrected chi connectivity index (χ2v) is 5.75. The minimum atomic E-state index is -1.17. The number of fused-ring (bicyclic) bond motifs is 1. The molecule has 0 aliphatic carbocycles. The number of rotatable bonds is 2. The summed E-state index contributed by atoms with van der Waals surface area (Å²) >= 11 is 1.54. The highest BCUT2D eigenvalue weighted by Crippen LogP contribution is 2.29. The van der Waals surface area contributed by atoms with Crippen LogP contribution in [0.3, 0.4) is 0 Å². The van der Waals surface area contributed by atoms with Crippen LogP contribution in [-0.4, -0.2) is 11.0 Å². The molecule has 0 saturated heterocycles. The summed E-state index contributed by atoms with van der Waals surface area (Å²) in [5.41, 5.74) is 3.59. The first kappa shape index (κ1) is 12.8. The van der Waals surface area contributed by atoms with Gasteiger partial charge in [0.15, 0.2) is 0 Å². The predicted molar refractivity (Wildman–Crippen MR) is 78.9 cm³/mol. The van der Waals surface area contributed by atoms with Crippen molar-refractivity contribution in [3.05, 3.63) is 52.4 Å². The lowest BCUT2D eigenvalue weighted by Gasteiger charge is -2.12. The summed E-state index contributed by atoms with van der Waals surface area (Å²) in [5.74, 6) is -1.17. The van der Waals surface area contributed by atoms with E-state index in [9.17, 15) is 9.90 Å². The lowest BCUT2D eigenvalue weighted by Crippen LogP contribution is -2.23. The van der Waals surface area contributed by atoms with Crippen molar-refractivity contribution in [3.8, 4) is 10.6 Å². The van der Waals surface area contributed by atoms with E-state index in [1.807, 2.05) is 43.5 Å². The van der Waals surface area contributed by atoms with Crippen LogP contribution in [-0.2, 0) is 0 Å². The van der Waals surface area contributed by atoms with Crippen LogP contribution in [0.15, 0.2) is 35.7 Å². The first-order chi connectivity index (χ1) is 9.56. The van der Waals surface area contributed by atoms with Gasteiger partial charge in [0.05, 0.1) is 22.1 Å². The Morgan fingerprint density at radius 2 is 2.05 bits per heavy atom. The monoisotopic (exact) mass is 282 g/mol. The van der Waals surface area contributed by atoms with Crippen LogP contribution in [0.25, 0.3) is 21.5 Å². The van der Waals surface area contributed by atoms with Crippen molar-refractivity contribution in [2.45, 2.75) is 13.8 Å². The molecule has 3 nitrogen and oxygen atoms in total. The van der Waals surface area contributed by atoms with Crippen molar-refractivity contribution >= 4 is 28.2 Å². The summed E-state index contributed by atoms with van der Waals surface area (Å²) in [6.45, 7) is 3.89. The van der Waals surface area contributed by atoms with Crippen molar-refractivity contribution < 1.29 is 9.90 Å². The van der Waals surface area contributed by atoms with Crippen molar-refractivity contribution in [3.63, 3.8) is 0 Å². The van der Waals surface area contributed by atoms with Crippen LogP contribution in [0.1, 0.15) is 21.5 Å². The molecule has 0 bridgehead atoms. The lowest BCUT2D eigenvalue weighted by molar-refractivity contribution is -0.254. The molecular formula is C16H12NO2S-. The van der Waals surface area contributed by atoms with E-state index in [-0.39, 0.29) is 5.56 Å². The number of carbonyl (C=O) groups is 1. The van der Waals surface area contributed by atoms with Gasteiger partial charge in [0.2, 0.25) is 0 Å². The SMILES string of the molecule is Cc1cc(C)c2nc(-c3cccs3)cc(C(=O)[O-])c2c1. The zero-order valence-electron chi connectivity index (χ0n) is 11.1. The van der Waals surface area contributed by atoms with Gasteiger partial charge in [-0.15, -0.1) is 11.3 Å². The molecular weight excluding hydrogens is 270 g/mol. The number of aromatic nitrogens is 1. The number of carboxylic acids is 1. The maximum absolute atomic E-state index is 11.4. The average Bonchev–Trinajstić information content (AvgIpc) is 2.91. The van der Waals surface area contributed by atoms with Gasteiger partial charge in [-0.1, -0.05) is 17.7 Å². The maximum atomic E-state index is 11.4. The number of aromatic carboxylic acids is 1. The van der Waals surface area contributed by atoms with E-state index in [1.165, 1.54) is 11.3 Å². The van der Waals surface area contributed by atoms with E-state index in [0.29, 0.717) is 11.1 Å². The van der Waals surface area contributed by atoms with Gasteiger partial charge in [-0.05, 0) is 43.0 Å². The summed E-state index contributed by atoms with van der Waals surface area (Å²) in [7, 11) is 0. The number of carboxylic acid groups (broad SMARTS) is 1. The molecule has 0 aliphatic heterocycles. The van der Waals surface area contributed by atoms with Gasteiger partial charge in [-0.2, -0.15) is 0 Å². The quantitative estimate of drug-likeness (QED) is 0.726. The molecule has 0 amide bonds. The summed E-state index contributed by atoms with van der Waals surface area (Å²) < 4.78 is 0. The van der Waals surface area contributed by atoms with E-state index in [4.69, 9.17) is 0 Å². The van der Waals surface area contributed by atoms with Crippen LogP contribution < -0.4 is 5.11 Å². The number of aryl methyl sites for hydroxylation is 2. The van der Waals surface area contributed by atoms with Crippen LogP contribution >= 0.6 is 11.3 Å². The number of pyridine rings is 1. The molecule has 0 fully saturated rings. The third-order valence-corrected chi connectivity index (χ3v) is 4.13. The Labute approximate surface area is 120 Å². The summed E-state index contributed by atoms with van der Waals surface area (Å²) in [4.78, 5) is 17.0. The molecule has 100 valence electrons. The van der Waals surface area contributed by atoms with Crippen LogP contribution in [0.4, 0.5) is 0 Å². The molecule has 0 saturated carbocycles. The molecule has 2 heterocycles. The highest BCUT2D eigenvalue weighted by Gasteiger charge is 2.11. The first-order valence-corrected chi connectivity index (χ1v) is 7.11. The highest BCUT2D eigenvalue weighted by molar-refractivity contribution is 7.13. The molecule has 0 radical (unpaired) electrons. The molecule has 0 spiro atoms. The zero-order chi connectivity index (χ0) is 14.3. The average molecular weight is 282 g/mol. The van der Waals surface area contributed by atoms with Crippen molar-refractivity contribution in [2.75, 3.05) is 0 Å². The fraction of sp³-hybridized carbons (Fsp3) is 0.125. The number of thiophene rings is 1. The third-order valence-electron chi connectivity index (χ3n) is 3.24. The Hall–Kier alpha value is -2.20. The molecule has 1 aromatic carbocycles. The van der Waals surface area contributed by atoms with Gasteiger partial charge in [0.1, 0.15) is 0 Å². The molecule has 4 heteroatoms. The zero-order valence-corrected chi connectivity index (χ0v) is 12.0. The van der Waals surface area contributed by atoms with Gasteiger partial charge in [-0.3, -0.25) is 0 Å². The largest absolute Gasteiger partial charge is 0.545 e. The Kier molecular flexibility index (Phi) is 3.03. The standard InChI is InChI=1S/C16H13NO2S/c1-9-6-10(2)15-11(7-9)12(16(18)19)8-13(17-15)14-4-3-5-20-14/h3-8H,1-2H3,(H,18,19)/p-1. The molecule has 0 atom stereocenters. The maximum Gasteiger partial charge on any atom is 0.0816 e. The third kappa shape index (κ3) is 2.08. The van der Waals surface area contributed by atoms with Crippen molar-refractivity contribution in [1.82, 2.24) is 4.98 Å². The Morgan fingerprint density at radius 3 is 2.70 bits per heavy atom. The van der Waals surface area contributed by atoms with Gasteiger partial charge in [0, 0.05) is 10.9 Å². The molecule has 20 heavy (non-hydrogen) atoms. The van der Waals surface area contributed by atoms with E-state index in [2.05, 4.69) is 4.98 Å². The number of nitrogens with zero attached hydrogens (tertiary/aromatic N) is 1. The van der Waals surface area contributed by atoms with Gasteiger partial charge < -0.3 is 9.90 Å².